The number of hydrogen-bond acceptors (Lipinski definition) is 4. The number of carbonyl (C=O) groups excluding carboxylic acids is 1. The number of aryl methyl sites for hydroxylation is 2. The Hall–Kier alpha value is -2.01. The van der Waals surface area contributed by atoms with Crippen molar-refractivity contribution in [2.24, 2.45) is 0 Å². The van der Waals surface area contributed by atoms with Crippen molar-refractivity contribution in [3.05, 3.63) is 59.4 Å². The molecule has 0 bridgehead atoms. The van der Waals surface area contributed by atoms with Crippen LogP contribution in [-0.4, -0.2) is 45.5 Å². The van der Waals surface area contributed by atoms with Gasteiger partial charge >= 0.3 is 0 Å². The van der Waals surface area contributed by atoms with Crippen LogP contribution in [-0.2, 0) is 0 Å². The molecular weight excluding hydrogens is 332 g/mol. The molecule has 0 N–H and O–H groups in total. The SMILES string of the molecule is Cc1ccc(C(=O)N2CC3(C[C@H](Oc4cccnc4)CS3)C2)cc1C. The van der Waals surface area contributed by atoms with Crippen molar-refractivity contribution in [2.75, 3.05) is 18.8 Å². The van der Waals surface area contributed by atoms with Gasteiger partial charge in [0.25, 0.3) is 5.91 Å². The Kier molecular flexibility index (Phi) is 4.20. The number of pyridine rings is 1. The number of benzene rings is 1. The summed E-state index contributed by atoms with van der Waals surface area (Å²) in [5, 5.41) is 0. The Morgan fingerprint density at radius 1 is 1.28 bits per heavy atom. The number of carbonyl (C=O) groups is 1. The molecule has 2 saturated heterocycles. The fourth-order valence-corrected chi connectivity index (χ4v) is 5.08. The fraction of sp³-hybridized carbons (Fsp3) is 0.400. The first-order chi connectivity index (χ1) is 12.0. The van der Waals surface area contributed by atoms with Crippen LogP contribution in [0.2, 0.25) is 0 Å². The molecule has 1 spiro atoms. The van der Waals surface area contributed by atoms with E-state index in [0.29, 0.717) is 0 Å². The van der Waals surface area contributed by atoms with Crippen molar-refractivity contribution in [2.45, 2.75) is 31.1 Å². The maximum atomic E-state index is 12.7. The van der Waals surface area contributed by atoms with Crippen LogP contribution in [0.25, 0.3) is 0 Å². The lowest BCUT2D eigenvalue weighted by molar-refractivity contribution is 0.0518. The minimum atomic E-state index is 0.144. The van der Waals surface area contributed by atoms with Crippen molar-refractivity contribution in [3.63, 3.8) is 0 Å². The summed E-state index contributed by atoms with van der Waals surface area (Å²) in [5.41, 5.74) is 3.18. The van der Waals surface area contributed by atoms with Gasteiger partial charge in [0.15, 0.2) is 0 Å². The van der Waals surface area contributed by atoms with Gasteiger partial charge in [-0.25, -0.2) is 0 Å². The average Bonchev–Trinajstić information content (AvgIpc) is 3.00. The number of rotatable bonds is 3. The molecule has 0 unspecified atom stereocenters. The third-order valence-corrected chi connectivity index (χ3v) is 6.69. The molecular formula is C20H22N2O2S. The molecule has 1 amide bonds. The monoisotopic (exact) mass is 354 g/mol. The topological polar surface area (TPSA) is 42.4 Å². The smallest absolute Gasteiger partial charge is 0.253 e. The van der Waals surface area contributed by atoms with E-state index in [1.165, 1.54) is 11.1 Å². The van der Waals surface area contributed by atoms with E-state index in [-0.39, 0.29) is 16.8 Å². The molecule has 2 aliphatic heterocycles. The summed E-state index contributed by atoms with van der Waals surface area (Å²) in [6.07, 6.45) is 4.70. The molecule has 1 aromatic heterocycles. The first-order valence-electron chi connectivity index (χ1n) is 8.62. The normalized spacial score (nSPS) is 21.2. The van der Waals surface area contributed by atoms with Crippen LogP contribution in [0.3, 0.4) is 0 Å². The molecule has 0 saturated carbocycles. The molecule has 2 fully saturated rings. The van der Waals surface area contributed by atoms with Crippen molar-refractivity contribution in [1.29, 1.82) is 0 Å². The van der Waals surface area contributed by atoms with Gasteiger partial charge in [-0.3, -0.25) is 9.78 Å². The van der Waals surface area contributed by atoms with Gasteiger partial charge in [0.1, 0.15) is 11.9 Å². The predicted molar refractivity (Wildman–Crippen MR) is 100 cm³/mol. The zero-order valence-electron chi connectivity index (χ0n) is 14.6. The number of ether oxygens (including phenoxy) is 1. The molecule has 4 nitrogen and oxygen atoms in total. The molecule has 2 aliphatic rings. The van der Waals surface area contributed by atoms with E-state index in [2.05, 4.69) is 18.8 Å². The van der Waals surface area contributed by atoms with Crippen molar-refractivity contribution in [3.8, 4) is 5.75 Å². The summed E-state index contributed by atoms with van der Waals surface area (Å²) in [5.74, 6) is 1.94. The number of hydrogen-bond donors (Lipinski definition) is 0. The molecule has 2 aromatic rings. The maximum absolute atomic E-state index is 12.7. The third-order valence-electron chi connectivity index (χ3n) is 5.11. The van der Waals surface area contributed by atoms with E-state index in [1.54, 1.807) is 12.4 Å². The number of aromatic nitrogens is 1. The van der Waals surface area contributed by atoms with Gasteiger partial charge in [0.05, 0.1) is 10.9 Å². The van der Waals surface area contributed by atoms with Gasteiger partial charge in [0.2, 0.25) is 0 Å². The highest BCUT2D eigenvalue weighted by atomic mass is 32.2. The number of nitrogens with zero attached hydrogens (tertiary/aromatic N) is 2. The molecule has 3 heterocycles. The molecule has 4 rings (SSSR count). The summed E-state index contributed by atoms with van der Waals surface area (Å²) in [7, 11) is 0. The van der Waals surface area contributed by atoms with Gasteiger partial charge in [-0.05, 0) is 49.2 Å². The zero-order chi connectivity index (χ0) is 17.4. The van der Waals surface area contributed by atoms with Gasteiger partial charge < -0.3 is 9.64 Å². The van der Waals surface area contributed by atoms with Gasteiger partial charge in [0, 0.05) is 37.0 Å². The van der Waals surface area contributed by atoms with Gasteiger partial charge in [-0.15, -0.1) is 11.8 Å². The molecule has 0 aliphatic carbocycles. The molecule has 25 heavy (non-hydrogen) atoms. The lowest BCUT2D eigenvalue weighted by Crippen LogP contribution is -2.60. The second-order valence-electron chi connectivity index (χ2n) is 7.09. The number of thioether (sulfide) groups is 1. The second-order valence-corrected chi connectivity index (χ2v) is 8.58. The van der Waals surface area contributed by atoms with Crippen molar-refractivity contribution in [1.82, 2.24) is 9.88 Å². The number of likely N-dealkylation sites (tertiary alicyclic amines) is 1. The Morgan fingerprint density at radius 3 is 2.84 bits per heavy atom. The molecule has 1 atom stereocenters. The van der Waals surface area contributed by atoms with Crippen molar-refractivity contribution >= 4 is 17.7 Å². The van der Waals surface area contributed by atoms with Crippen LogP contribution < -0.4 is 4.74 Å². The minimum absolute atomic E-state index is 0.144. The first-order valence-corrected chi connectivity index (χ1v) is 9.60. The molecule has 1 aromatic carbocycles. The van der Waals surface area contributed by atoms with E-state index in [9.17, 15) is 4.79 Å². The standard InChI is InChI=1S/C20H22N2O2S/c1-14-5-6-16(8-15(14)2)19(23)22-12-20(13-22)9-18(11-25-20)24-17-4-3-7-21-10-17/h3-8,10,18H,9,11-13H2,1-2H3/t18-/m0/s1. The minimum Gasteiger partial charge on any atom is -0.488 e. The zero-order valence-corrected chi connectivity index (χ0v) is 15.4. The Balaban J connectivity index is 1.35. The second kappa shape index (κ2) is 6.37. The lowest BCUT2D eigenvalue weighted by Gasteiger charge is -2.47. The van der Waals surface area contributed by atoms with E-state index in [1.807, 2.05) is 47.0 Å². The third kappa shape index (κ3) is 3.25. The highest BCUT2D eigenvalue weighted by Crippen LogP contribution is 2.46. The molecule has 130 valence electrons. The number of amides is 1. The molecule has 5 heteroatoms. The predicted octanol–water partition coefficient (Wildman–Crippen LogP) is 3.48. The summed E-state index contributed by atoms with van der Waals surface area (Å²) in [4.78, 5) is 18.7. The summed E-state index contributed by atoms with van der Waals surface area (Å²) in [6.45, 7) is 5.75. The fourth-order valence-electron chi connectivity index (χ4n) is 3.56. The van der Waals surface area contributed by atoms with Gasteiger partial charge in [-0.2, -0.15) is 0 Å². The first kappa shape index (κ1) is 16.5. The van der Waals surface area contributed by atoms with Gasteiger partial charge in [-0.1, -0.05) is 6.07 Å². The summed E-state index contributed by atoms with van der Waals surface area (Å²) < 4.78 is 6.20. The Bertz CT molecular complexity index is 788. The van der Waals surface area contributed by atoms with Crippen LogP contribution >= 0.6 is 11.8 Å². The van der Waals surface area contributed by atoms with Crippen LogP contribution in [0, 0.1) is 13.8 Å². The Morgan fingerprint density at radius 2 is 2.12 bits per heavy atom. The highest BCUT2D eigenvalue weighted by Gasteiger charge is 2.51. The van der Waals surface area contributed by atoms with E-state index in [0.717, 1.165) is 36.6 Å². The van der Waals surface area contributed by atoms with E-state index in [4.69, 9.17) is 4.74 Å². The van der Waals surface area contributed by atoms with Crippen molar-refractivity contribution < 1.29 is 9.53 Å². The van der Waals surface area contributed by atoms with Crippen LogP contribution in [0.4, 0.5) is 0 Å². The maximum Gasteiger partial charge on any atom is 0.253 e. The summed E-state index contributed by atoms with van der Waals surface area (Å²) in [6, 6.07) is 9.80. The van der Waals surface area contributed by atoms with E-state index < -0.39 is 0 Å². The quantitative estimate of drug-likeness (QED) is 0.846. The summed E-state index contributed by atoms with van der Waals surface area (Å²) >= 11 is 1.94. The van der Waals surface area contributed by atoms with E-state index >= 15 is 0 Å². The highest BCUT2D eigenvalue weighted by molar-refractivity contribution is 8.01. The lowest BCUT2D eigenvalue weighted by atomic mass is 9.92. The largest absolute Gasteiger partial charge is 0.488 e. The average molecular weight is 354 g/mol. The van der Waals surface area contributed by atoms with Crippen LogP contribution in [0.1, 0.15) is 27.9 Å². The van der Waals surface area contributed by atoms with Crippen LogP contribution in [0.15, 0.2) is 42.7 Å². The Labute approximate surface area is 152 Å². The van der Waals surface area contributed by atoms with Crippen LogP contribution in [0.5, 0.6) is 5.75 Å². The molecule has 0 radical (unpaired) electrons.